The molecule has 0 bridgehead atoms. The highest BCUT2D eigenvalue weighted by atomic mass is 19.1. The van der Waals surface area contributed by atoms with Crippen molar-refractivity contribution in [3.05, 3.63) is 60.0 Å². The van der Waals surface area contributed by atoms with Crippen LogP contribution in [0.25, 0.3) is 11.4 Å². The Morgan fingerprint density at radius 3 is 2.80 bits per heavy atom. The first-order valence-corrected chi connectivity index (χ1v) is 7.92. The molecule has 0 saturated carbocycles. The molecule has 0 aliphatic carbocycles. The highest BCUT2D eigenvalue weighted by Gasteiger charge is 2.35. The van der Waals surface area contributed by atoms with Crippen LogP contribution >= 0.6 is 0 Å². The summed E-state index contributed by atoms with van der Waals surface area (Å²) in [6.45, 7) is 2.22. The quantitative estimate of drug-likeness (QED) is 0.734. The van der Waals surface area contributed by atoms with Crippen molar-refractivity contribution in [2.75, 3.05) is 11.4 Å². The lowest BCUT2D eigenvalue weighted by Crippen LogP contribution is -2.25. The van der Waals surface area contributed by atoms with Crippen molar-refractivity contribution < 1.29 is 13.7 Å². The minimum absolute atomic E-state index is 0.0385. The summed E-state index contributed by atoms with van der Waals surface area (Å²) < 4.78 is 18.7. The molecular weight excluding hydrogens is 323 g/mol. The van der Waals surface area contributed by atoms with Gasteiger partial charge in [-0.2, -0.15) is 4.98 Å². The molecule has 6 nitrogen and oxygen atoms in total. The lowest BCUT2D eigenvalue weighted by Gasteiger charge is -2.18. The minimum Gasteiger partial charge on any atom is -0.339 e. The fourth-order valence-corrected chi connectivity index (χ4v) is 3.05. The van der Waals surface area contributed by atoms with E-state index < -0.39 is 0 Å². The molecule has 3 aromatic rings. The van der Waals surface area contributed by atoms with Crippen LogP contribution in [-0.4, -0.2) is 27.6 Å². The van der Waals surface area contributed by atoms with Gasteiger partial charge in [-0.05, 0) is 42.8 Å². The molecule has 1 aliphatic rings. The number of hydrogen-bond acceptors (Lipinski definition) is 5. The normalized spacial score (nSPS) is 17.3. The molecule has 1 fully saturated rings. The summed E-state index contributed by atoms with van der Waals surface area (Å²) >= 11 is 0. The van der Waals surface area contributed by atoms with Gasteiger partial charge < -0.3 is 9.42 Å². The van der Waals surface area contributed by atoms with Gasteiger partial charge in [0.25, 0.3) is 0 Å². The van der Waals surface area contributed by atoms with Crippen molar-refractivity contribution >= 4 is 11.6 Å². The fourth-order valence-electron chi connectivity index (χ4n) is 3.05. The SMILES string of the molecule is Cc1cc(F)ccc1N1CC(c2nc(-c3ccncc3)no2)CC1=O. The maximum atomic E-state index is 13.3. The van der Waals surface area contributed by atoms with Crippen molar-refractivity contribution in [3.8, 4) is 11.4 Å². The van der Waals surface area contributed by atoms with Crippen LogP contribution in [0, 0.1) is 12.7 Å². The highest BCUT2D eigenvalue weighted by molar-refractivity contribution is 5.97. The van der Waals surface area contributed by atoms with Gasteiger partial charge in [-0.25, -0.2) is 4.39 Å². The molecular formula is C18H15FN4O2. The second-order valence-electron chi connectivity index (χ2n) is 6.03. The van der Waals surface area contributed by atoms with Crippen LogP contribution < -0.4 is 4.90 Å². The van der Waals surface area contributed by atoms with E-state index in [0.29, 0.717) is 23.9 Å². The molecule has 0 spiro atoms. The van der Waals surface area contributed by atoms with Gasteiger partial charge in [-0.3, -0.25) is 9.78 Å². The topological polar surface area (TPSA) is 72.1 Å². The number of benzene rings is 1. The fraction of sp³-hybridized carbons (Fsp3) is 0.222. The maximum Gasteiger partial charge on any atom is 0.232 e. The Labute approximate surface area is 143 Å². The molecule has 1 saturated heterocycles. The molecule has 1 aromatic carbocycles. The standard InChI is InChI=1S/C18H15FN4O2/c1-11-8-14(19)2-3-15(11)23-10-13(9-16(23)24)18-21-17(22-25-18)12-4-6-20-7-5-12/h2-8,13H,9-10H2,1H3. The number of rotatable bonds is 3. The third-order valence-corrected chi connectivity index (χ3v) is 4.30. The van der Waals surface area contributed by atoms with Crippen LogP contribution in [-0.2, 0) is 4.79 Å². The van der Waals surface area contributed by atoms with E-state index in [0.717, 1.165) is 11.1 Å². The van der Waals surface area contributed by atoms with E-state index in [2.05, 4.69) is 15.1 Å². The van der Waals surface area contributed by atoms with Gasteiger partial charge in [0.05, 0.1) is 5.92 Å². The first-order chi connectivity index (χ1) is 12.1. The van der Waals surface area contributed by atoms with Crippen LogP contribution in [0.3, 0.4) is 0 Å². The van der Waals surface area contributed by atoms with Gasteiger partial charge >= 0.3 is 0 Å². The third-order valence-electron chi connectivity index (χ3n) is 4.30. The van der Waals surface area contributed by atoms with Gasteiger partial charge in [0.15, 0.2) is 0 Å². The minimum atomic E-state index is -0.316. The first-order valence-electron chi connectivity index (χ1n) is 7.92. The Bertz CT molecular complexity index is 926. The number of hydrogen-bond donors (Lipinski definition) is 0. The molecule has 7 heteroatoms. The number of pyridine rings is 1. The largest absolute Gasteiger partial charge is 0.339 e. The third kappa shape index (κ3) is 2.88. The molecule has 2 aromatic heterocycles. The molecule has 4 rings (SSSR count). The average molecular weight is 338 g/mol. The predicted molar refractivity (Wildman–Crippen MR) is 88.4 cm³/mol. The maximum absolute atomic E-state index is 13.3. The number of nitrogens with zero attached hydrogens (tertiary/aromatic N) is 4. The number of halogens is 1. The second kappa shape index (κ2) is 6.08. The van der Waals surface area contributed by atoms with Crippen LogP contribution in [0.4, 0.5) is 10.1 Å². The van der Waals surface area contributed by atoms with Gasteiger partial charge in [0, 0.05) is 36.6 Å². The molecule has 1 atom stereocenters. The van der Waals surface area contributed by atoms with Crippen molar-refractivity contribution in [2.45, 2.75) is 19.3 Å². The Morgan fingerprint density at radius 2 is 2.04 bits per heavy atom. The highest BCUT2D eigenvalue weighted by Crippen LogP contribution is 2.33. The lowest BCUT2D eigenvalue weighted by atomic mass is 10.1. The summed E-state index contributed by atoms with van der Waals surface area (Å²) in [6, 6.07) is 7.99. The number of amides is 1. The first kappa shape index (κ1) is 15.4. The van der Waals surface area contributed by atoms with Crippen LogP contribution in [0.15, 0.2) is 47.2 Å². The molecule has 126 valence electrons. The van der Waals surface area contributed by atoms with Crippen molar-refractivity contribution in [1.82, 2.24) is 15.1 Å². The predicted octanol–water partition coefficient (Wildman–Crippen LogP) is 3.10. The molecule has 0 radical (unpaired) electrons. The number of aromatic nitrogens is 3. The zero-order valence-electron chi connectivity index (χ0n) is 13.5. The molecule has 1 aliphatic heterocycles. The van der Waals surface area contributed by atoms with E-state index in [4.69, 9.17) is 4.52 Å². The Hall–Kier alpha value is -3.09. The van der Waals surface area contributed by atoms with E-state index in [1.54, 1.807) is 42.4 Å². The van der Waals surface area contributed by atoms with E-state index in [1.807, 2.05) is 0 Å². The molecule has 3 heterocycles. The molecule has 25 heavy (non-hydrogen) atoms. The summed E-state index contributed by atoms with van der Waals surface area (Å²) in [5.41, 5.74) is 2.24. The van der Waals surface area contributed by atoms with Crippen LogP contribution in [0.1, 0.15) is 23.8 Å². The van der Waals surface area contributed by atoms with E-state index in [1.165, 1.54) is 12.1 Å². The Morgan fingerprint density at radius 1 is 1.24 bits per heavy atom. The van der Waals surface area contributed by atoms with Crippen LogP contribution in [0.2, 0.25) is 0 Å². The van der Waals surface area contributed by atoms with E-state index in [-0.39, 0.29) is 24.1 Å². The van der Waals surface area contributed by atoms with Gasteiger partial charge in [0.2, 0.25) is 17.6 Å². The second-order valence-corrected chi connectivity index (χ2v) is 6.03. The summed E-state index contributed by atoms with van der Waals surface area (Å²) in [4.78, 5) is 22.4. The summed E-state index contributed by atoms with van der Waals surface area (Å²) in [6.07, 6.45) is 3.60. The molecule has 1 amide bonds. The van der Waals surface area contributed by atoms with Gasteiger partial charge in [0.1, 0.15) is 5.82 Å². The Kier molecular flexibility index (Phi) is 3.76. The summed E-state index contributed by atoms with van der Waals surface area (Å²) in [7, 11) is 0. The van der Waals surface area contributed by atoms with Crippen molar-refractivity contribution in [1.29, 1.82) is 0 Å². The van der Waals surface area contributed by atoms with Gasteiger partial charge in [-0.15, -0.1) is 0 Å². The van der Waals surface area contributed by atoms with E-state index >= 15 is 0 Å². The van der Waals surface area contributed by atoms with Crippen LogP contribution in [0.5, 0.6) is 0 Å². The average Bonchev–Trinajstić information content (AvgIpc) is 3.23. The van der Waals surface area contributed by atoms with Crippen molar-refractivity contribution in [2.24, 2.45) is 0 Å². The number of carbonyl (C=O) groups is 1. The molecule has 1 unspecified atom stereocenters. The number of carbonyl (C=O) groups excluding carboxylic acids is 1. The lowest BCUT2D eigenvalue weighted by molar-refractivity contribution is -0.117. The zero-order chi connectivity index (χ0) is 17.4. The smallest absolute Gasteiger partial charge is 0.232 e. The number of aryl methyl sites for hydroxylation is 1. The number of anilines is 1. The monoisotopic (exact) mass is 338 g/mol. The molecule has 0 N–H and O–H groups in total. The zero-order valence-corrected chi connectivity index (χ0v) is 13.5. The van der Waals surface area contributed by atoms with Crippen molar-refractivity contribution in [3.63, 3.8) is 0 Å². The Balaban J connectivity index is 1.57. The summed E-state index contributed by atoms with van der Waals surface area (Å²) in [5, 5.41) is 3.99. The van der Waals surface area contributed by atoms with E-state index in [9.17, 15) is 9.18 Å². The summed E-state index contributed by atoms with van der Waals surface area (Å²) in [5.74, 6) is 0.371. The van der Waals surface area contributed by atoms with Gasteiger partial charge in [-0.1, -0.05) is 5.16 Å².